The van der Waals surface area contributed by atoms with E-state index in [4.69, 9.17) is 18.9 Å². The van der Waals surface area contributed by atoms with E-state index in [1.807, 2.05) is 0 Å². The Hall–Kier alpha value is -3.46. The highest BCUT2D eigenvalue weighted by Crippen LogP contribution is 2.44. The molecule has 1 aliphatic rings. The highest BCUT2D eigenvalue weighted by Gasteiger charge is 2.33. The molecule has 0 radical (unpaired) electrons. The highest BCUT2D eigenvalue weighted by atomic mass is 32.2. The minimum absolute atomic E-state index is 0.0631. The molecule has 168 valence electrons. The van der Waals surface area contributed by atoms with Crippen molar-refractivity contribution in [3.05, 3.63) is 64.0 Å². The van der Waals surface area contributed by atoms with Crippen molar-refractivity contribution in [1.82, 2.24) is 0 Å². The average molecular weight is 459 g/mol. The molecule has 0 atom stereocenters. The second-order valence-corrected chi connectivity index (χ2v) is 7.40. The second kappa shape index (κ2) is 10.2. The van der Waals surface area contributed by atoms with Gasteiger partial charge in [0.2, 0.25) is 5.75 Å². The van der Waals surface area contributed by atoms with Gasteiger partial charge in [-0.05, 0) is 49.4 Å². The van der Waals surface area contributed by atoms with Crippen molar-refractivity contribution in [2.45, 2.75) is 6.92 Å². The first-order chi connectivity index (χ1) is 15.4. The van der Waals surface area contributed by atoms with E-state index in [0.29, 0.717) is 33.4 Å². The molecular weight excluding hydrogens is 437 g/mol. The van der Waals surface area contributed by atoms with Crippen LogP contribution < -0.4 is 14.2 Å². The van der Waals surface area contributed by atoms with Crippen LogP contribution in [-0.4, -0.2) is 44.1 Å². The van der Waals surface area contributed by atoms with Crippen LogP contribution in [0.25, 0.3) is 6.08 Å². The van der Waals surface area contributed by atoms with Crippen LogP contribution in [-0.2, 0) is 9.53 Å². The van der Waals surface area contributed by atoms with E-state index in [2.05, 4.69) is 4.99 Å². The maximum Gasteiger partial charge on any atom is 0.344 e. The third-order valence-corrected chi connectivity index (χ3v) is 5.47. The van der Waals surface area contributed by atoms with Gasteiger partial charge in [-0.15, -0.1) is 0 Å². The van der Waals surface area contributed by atoms with Gasteiger partial charge >= 0.3 is 5.97 Å². The van der Waals surface area contributed by atoms with Crippen LogP contribution in [0.15, 0.2) is 57.6 Å². The molecule has 1 heterocycles. The van der Waals surface area contributed by atoms with E-state index in [9.17, 15) is 14.3 Å². The molecule has 1 N–H and O–H groups in total. The molecule has 0 bridgehead atoms. The first kappa shape index (κ1) is 23.2. The van der Waals surface area contributed by atoms with Gasteiger partial charge < -0.3 is 24.1 Å². The molecule has 32 heavy (non-hydrogen) atoms. The van der Waals surface area contributed by atoms with Gasteiger partial charge in [0.05, 0.1) is 38.5 Å². The second-order valence-electron chi connectivity index (χ2n) is 6.37. The van der Waals surface area contributed by atoms with Gasteiger partial charge in [-0.25, -0.2) is 14.2 Å². The molecule has 0 unspecified atom stereocenters. The molecule has 0 amide bonds. The van der Waals surface area contributed by atoms with Gasteiger partial charge in [0.15, 0.2) is 11.5 Å². The molecule has 2 aromatic carbocycles. The molecule has 7 nitrogen and oxygen atoms in total. The fourth-order valence-electron chi connectivity index (χ4n) is 3.00. The molecule has 0 saturated carbocycles. The Morgan fingerprint density at radius 1 is 1.06 bits per heavy atom. The first-order valence-electron chi connectivity index (χ1n) is 9.57. The minimum atomic E-state index is -0.707. The zero-order valence-electron chi connectivity index (χ0n) is 18.0. The van der Waals surface area contributed by atoms with Crippen molar-refractivity contribution < 1.29 is 33.2 Å². The Bertz CT molecular complexity index is 1110. The third-order valence-electron chi connectivity index (χ3n) is 4.45. The van der Waals surface area contributed by atoms with E-state index in [1.54, 1.807) is 25.1 Å². The molecule has 0 saturated heterocycles. The van der Waals surface area contributed by atoms with Crippen LogP contribution in [0.3, 0.4) is 0 Å². The van der Waals surface area contributed by atoms with E-state index >= 15 is 0 Å². The molecule has 9 heteroatoms. The van der Waals surface area contributed by atoms with E-state index in [1.165, 1.54) is 45.6 Å². The summed E-state index contributed by atoms with van der Waals surface area (Å²) in [5.41, 5.74) is 0.950. The Morgan fingerprint density at radius 2 is 1.75 bits per heavy atom. The van der Waals surface area contributed by atoms with Crippen molar-refractivity contribution in [1.29, 1.82) is 0 Å². The fourth-order valence-corrected chi connectivity index (χ4v) is 4.03. The number of aliphatic hydroxyl groups excluding tert-OH is 1. The molecule has 0 spiro atoms. The van der Waals surface area contributed by atoms with Crippen molar-refractivity contribution in [2.75, 3.05) is 27.9 Å². The molecule has 0 fully saturated rings. The lowest BCUT2D eigenvalue weighted by Crippen LogP contribution is -2.12. The number of aliphatic hydroxyl groups is 1. The lowest BCUT2D eigenvalue weighted by molar-refractivity contribution is -0.138. The largest absolute Gasteiger partial charge is 0.506 e. The molecule has 0 aliphatic carbocycles. The molecule has 1 aliphatic heterocycles. The van der Waals surface area contributed by atoms with Gasteiger partial charge in [-0.1, -0.05) is 11.8 Å². The smallest absolute Gasteiger partial charge is 0.344 e. The summed E-state index contributed by atoms with van der Waals surface area (Å²) in [5.74, 6) is -0.113. The van der Waals surface area contributed by atoms with E-state index < -0.39 is 11.8 Å². The third kappa shape index (κ3) is 4.72. The maximum absolute atomic E-state index is 13.2. The number of carbonyl (C=O) groups is 1. The standard InChI is InChI=1S/C23H22FNO6S/c1-5-31-23(27)18-19(26)17(32-22(18)25-15-9-7-14(24)8-10-15)12-13-6-11-16(28-2)21(30-4)20(13)29-3/h6-12,26H,5H2,1-4H3. The number of carbonyl (C=O) groups excluding carboxylic acids is 1. The lowest BCUT2D eigenvalue weighted by Gasteiger charge is -2.14. The number of ether oxygens (including phenoxy) is 4. The number of hydrogen-bond acceptors (Lipinski definition) is 8. The normalized spacial score (nSPS) is 15.9. The summed E-state index contributed by atoms with van der Waals surface area (Å²) in [4.78, 5) is 17.3. The number of methoxy groups -OCH3 is 3. The molecular formula is C23H22FNO6S. The number of aliphatic imine (C=N–C) groups is 1. The summed E-state index contributed by atoms with van der Waals surface area (Å²) in [5, 5.41) is 11.1. The number of hydrogen-bond donors (Lipinski definition) is 1. The Morgan fingerprint density at radius 3 is 2.34 bits per heavy atom. The minimum Gasteiger partial charge on any atom is -0.506 e. The van der Waals surface area contributed by atoms with Crippen LogP contribution in [0.1, 0.15) is 12.5 Å². The number of nitrogens with zero attached hydrogens (tertiary/aromatic N) is 1. The van der Waals surface area contributed by atoms with E-state index in [-0.39, 0.29) is 23.0 Å². The van der Waals surface area contributed by atoms with Crippen molar-refractivity contribution in [3.63, 3.8) is 0 Å². The zero-order chi connectivity index (χ0) is 23.3. The van der Waals surface area contributed by atoms with Gasteiger partial charge in [-0.2, -0.15) is 0 Å². The summed E-state index contributed by atoms with van der Waals surface area (Å²) >= 11 is 1.08. The highest BCUT2D eigenvalue weighted by molar-refractivity contribution is 8.18. The number of esters is 1. The van der Waals surface area contributed by atoms with Gasteiger partial charge in [0, 0.05) is 5.56 Å². The van der Waals surface area contributed by atoms with Gasteiger partial charge in [0.25, 0.3) is 0 Å². The Kier molecular flexibility index (Phi) is 7.42. The van der Waals surface area contributed by atoms with Gasteiger partial charge in [-0.3, -0.25) is 0 Å². The fraction of sp³-hybridized carbons (Fsp3) is 0.217. The van der Waals surface area contributed by atoms with Crippen LogP contribution in [0.5, 0.6) is 17.2 Å². The topological polar surface area (TPSA) is 86.6 Å². The maximum atomic E-state index is 13.2. The molecule has 0 aromatic heterocycles. The molecule has 2 aromatic rings. The predicted molar refractivity (Wildman–Crippen MR) is 121 cm³/mol. The van der Waals surface area contributed by atoms with Crippen molar-refractivity contribution >= 4 is 34.5 Å². The van der Waals surface area contributed by atoms with Crippen molar-refractivity contribution in [3.8, 4) is 17.2 Å². The number of rotatable bonds is 7. The number of benzene rings is 2. The van der Waals surface area contributed by atoms with Crippen LogP contribution in [0.2, 0.25) is 0 Å². The lowest BCUT2D eigenvalue weighted by atomic mass is 10.1. The van der Waals surface area contributed by atoms with Crippen LogP contribution in [0.4, 0.5) is 10.1 Å². The molecule has 3 rings (SSSR count). The first-order valence-corrected chi connectivity index (χ1v) is 10.4. The summed E-state index contributed by atoms with van der Waals surface area (Å²) in [7, 11) is 4.49. The van der Waals surface area contributed by atoms with E-state index in [0.717, 1.165) is 11.8 Å². The quantitative estimate of drug-likeness (QED) is 0.580. The SMILES string of the molecule is CCOC(=O)C1=C(O)C(=Cc2ccc(OC)c(OC)c2OC)SC1=Nc1ccc(F)cc1. The van der Waals surface area contributed by atoms with Crippen molar-refractivity contribution in [2.24, 2.45) is 4.99 Å². The summed E-state index contributed by atoms with van der Waals surface area (Å²) in [6.45, 7) is 1.80. The predicted octanol–water partition coefficient (Wildman–Crippen LogP) is 5.04. The number of halogens is 1. The zero-order valence-corrected chi connectivity index (χ0v) is 18.8. The Labute approximate surface area is 189 Å². The monoisotopic (exact) mass is 459 g/mol. The summed E-state index contributed by atoms with van der Waals surface area (Å²) in [6.07, 6.45) is 1.65. The summed E-state index contributed by atoms with van der Waals surface area (Å²) < 4.78 is 34.5. The number of thioether (sulfide) groups is 1. The van der Waals surface area contributed by atoms with Crippen LogP contribution in [0, 0.1) is 5.82 Å². The van der Waals surface area contributed by atoms with Crippen LogP contribution >= 0.6 is 11.8 Å². The summed E-state index contributed by atoms with van der Waals surface area (Å²) in [6, 6.07) is 8.91. The average Bonchev–Trinajstić information content (AvgIpc) is 3.09. The van der Waals surface area contributed by atoms with Gasteiger partial charge in [0.1, 0.15) is 22.2 Å². The Balaban J connectivity index is 2.11.